The average Bonchev–Trinajstić information content (AvgIpc) is 2.76. The maximum atomic E-state index is 12.1. The summed E-state index contributed by atoms with van der Waals surface area (Å²) >= 11 is 0. The van der Waals surface area contributed by atoms with Crippen LogP contribution in [0.5, 0.6) is 0 Å². The number of benzene rings is 1. The molecule has 1 aromatic rings. The minimum atomic E-state index is -1.08. The third-order valence-electron chi connectivity index (χ3n) is 6.03. The van der Waals surface area contributed by atoms with Crippen LogP contribution in [0, 0.1) is 0 Å². The predicted molar refractivity (Wildman–Crippen MR) is 128 cm³/mol. The van der Waals surface area contributed by atoms with E-state index < -0.39 is 12.1 Å². The van der Waals surface area contributed by atoms with Gasteiger partial charge in [0.25, 0.3) is 0 Å². The molecule has 0 saturated carbocycles. The number of carboxylic acid groups (broad SMARTS) is 1. The van der Waals surface area contributed by atoms with E-state index in [4.69, 9.17) is 0 Å². The van der Waals surface area contributed by atoms with Crippen LogP contribution in [0.4, 0.5) is 0 Å². The third kappa shape index (κ3) is 13.4. The molecule has 0 aromatic heterocycles. The summed E-state index contributed by atoms with van der Waals surface area (Å²) in [6.07, 6.45) is 18.7. The average molecular weight is 433 g/mol. The second-order valence-electron chi connectivity index (χ2n) is 8.85. The number of aromatic carboxylic acids is 1. The number of aliphatic hydroxyl groups excluding tert-OH is 1. The van der Waals surface area contributed by atoms with E-state index in [0.29, 0.717) is 12.0 Å². The van der Waals surface area contributed by atoms with E-state index in [1.165, 1.54) is 83.1 Å². The molecule has 0 fully saturated rings. The first-order valence-corrected chi connectivity index (χ1v) is 12.6. The number of carbonyl (C=O) groups excluding carboxylic acids is 1. The third-order valence-corrected chi connectivity index (χ3v) is 6.03. The molecule has 0 aliphatic rings. The summed E-state index contributed by atoms with van der Waals surface area (Å²) in [5.41, 5.74) is 0.384. The summed E-state index contributed by atoms with van der Waals surface area (Å²) in [6, 6.07) is 6.34. The Morgan fingerprint density at radius 3 is 1.68 bits per heavy atom. The summed E-state index contributed by atoms with van der Waals surface area (Å²) in [7, 11) is 0. The monoisotopic (exact) mass is 432 g/mol. The summed E-state index contributed by atoms with van der Waals surface area (Å²) < 4.78 is 0. The molecule has 1 aromatic carbocycles. The summed E-state index contributed by atoms with van der Waals surface area (Å²) in [5, 5.41) is 19.5. The lowest BCUT2D eigenvalue weighted by Crippen LogP contribution is -2.11. The Hall–Kier alpha value is -1.68. The molecule has 0 spiro atoms. The number of rotatable bonds is 20. The molecule has 1 atom stereocenters. The van der Waals surface area contributed by atoms with Crippen molar-refractivity contribution in [3.05, 3.63) is 35.4 Å². The first-order chi connectivity index (χ1) is 15.1. The number of Topliss-reactive ketones (excluding diaryl/α,β-unsaturated/α-hetero) is 1. The molecule has 31 heavy (non-hydrogen) atoms. The molecule has 0 bridgehead atoms. The number of carboxylic acids is 1. The molecule has 4 heteroatoms. The van der Waals surface area contributed by atoms with E-state index in [1.54, 1.807) is 18.2 Å². The van der Waals surface area contributed by atoms with Crippen molar-refractivity contribution < 1.29 is 19.8 Å². The highest BCUT2D eigenvalue weighted by Crippen LogP contribution is 2.22. The molecule has 0 saturated heterocycles. The second-order valence-corrected chi connectivity index (χ2v) is 8.85. The van der Waals surface area contributed by atoms with Gasteiger partial charge in [-0.25, -0.2) is 4.79 Å². The van der Waals surface area contributed by atoms with Crippen LogP contribution in [0.2, 0.25) is 0 Å². The van der Waals surface area contributed by atoms with Crippen molar-refractivity contribution >= 4 is 11.8 Å². The zero-order chi connectivity index (χ0) is 22.7. The topological polar surface area (TPSA) is 74.6 Å². The largest absolute Gasteiger partial charge is 0.478 e. The molecular weight excluding hydrogens is 388 g/mol. The van der Waals surface area contributed by atoms with E-state index in [1.807, 2.05) is 0 Å². The Morgan fingerprint density at radius 2 is 1.19 bits per heavy atom. The van der Waals surface area contributed by atoms with Crippen LogP contribution in [0.15, 0.2) is 24.3 Å². The smallest absolute Gasteiger partial charge is 0.336 e. The molecular formula is C27H44O4. The predicted octanol–water partition coefficient (Wildman–Crippen LogP) is 7.64. The van der Waals surface area contributed by atoms with Gasteiger partial charge in [0, 0.05) is 12.8 Å². The van der Waals surface area contributed by atoms with Crippen molar-refractivity contribution in [1.82, 2.24) is 0 Å². The Morgan fingerprint density at radius 1 is 0.742 bits per heavy atom. The first kappa shape index (κ1) is 27.4. The maximum Gasteiger partial charge on any atom is 0.336 e. The number of hydrogen-bond acceptors (Lipinski definition) is 3. The molecule has 1 rings (SSSR count). The van der Waals surface area contributed by atoms with Crippen LogP contribution in [-0.2, 0) is 4.79 Å². The van der Waals surface area contributed by atoms with Gasteiger partial charge in [-0.1, -0.05) is 115 Å². The fourth-order valence-corrected chi connectivity index (χ4v) is 4.10. The number of carbonyl (C=O) groups is 2. The van der Waals surface area contributed by atoms with Crippen molar-refractivity contribution in [2.45, 2.75) is 122 Å². The minimum Gasteiger partial charge on any atom is -0.478 e. The first-order valence-electron chi connectivity index (χ1n) is 12.6. The van der Waals surface area contributed by atoms with Crippen molar-refractivity contribution in [1.29, 1.82) is 0 Å². The quantitative estimate of drug-likeness (QED) is 0.208. The van der Waals surface area contributed by atoms with Crippen LogP contribution >= 0.6 is 0 Å². The molecule has 0 amide bonds. The number of aliphatic hydroxyl groups is 1. The standard InChI is InChI=1S/C27H44O4/c1-2-3-4-5-6-7-8-9-10-11-12-13-14-15-16-19-23(28)22-26(29)24-20-17-18-21-25(24)27(30)31/h17-18,20-21,26,29H,2-16,19,22H2,1H3,(H,30,31). The van der Waals surface area contributed by atoms with Gasteiger partial charge in [0.1, 0.15) is 5.78 Å². The van der Waals surface area contributed by atoms with Gasteiger partial charge in [0.15, 0.2) is 0 Å². The van der Waals surface area contributed by atoms with Crippen molar-refractivity contribution in [2.24, 2.45) is 0 Å². The molecule has 4 nitrogen and oxygen atoms in total. The van der Waals surface area contributed by atoms with E-state index in [-0.39, 0.29) is 17.8 Å². The highest BCUT2D eigenvalue weighted by molar-refractivity contribution is 5.90. The zero-order valence-electron chi connectivity index (χ0n) is 19.6. The fourth-order valence-electron chi connectivity index (χ4n) is 4.10. The van der Waals surface area contributed by atoms with E-state index in [0.717, 1.165) is 19.3 Å². The van der Waals surface area contributed by atoms with E-state index in [2.05, 4.69) is 6.92 Å². The minimum absolute atomic E-state index is 0.00221. The summed E-state index contributed by atoms with van der Waals surface area (Å²) in [4.78, 5) is 23.4. The highest BCUT2D eigenvalue weighted by Gasteiger charge is 2.18. The Bertz CT molecular complexity index is 611. The van der Waals surface area contributed by atoms with Gasteiger partial charge >= 0.3 is 5.97 Å². The van der Waals surface area contributed by atoms with Gasteiger partial charge in [0.2, 0.25) is 0 Å². The molecule has 0 heterocycles. The normalized spacial score (nSPS) is 12.1. The van der Waals surface area contributed by atoms with Gasteiger partial charge in [-0.3, -0.25) is 4.79 Å². The zero-order valence-corrected chi connectivity index (χ0v) is 19.6. The lowest BCUT2D eigenvalue weighted by molar-refractivity contribution is -0.121. The Labute approximate surface area is 189 Å². The molecule has 0 aliphatic heterocycles. The van der Waals surface area contributed by atoms with Crippen molar-refractivity contribution in [3.63, 3.8) is 0 Å². The number of ketones is 1. The summed E-state index contributed by atoms with van der Waals surface area (Å²) in [5.74, 6) is -1.08. The molecule has 176 valence electrons. The van der Waals surface area contributed by atoms with Gasteiger partial charge in [0.05, 0.1) is 11.7 Å². The number of hydrogen-bond donors (Lipinski definition) is 2. The van der Waals surface area contributed by atoms with E-state index >= 15 is 0 Å². The van der Waals surface area contributed by atoms with Crippen LogP contribution in [-0.4, -0.2) is 22.0 Å². The SMILES string of the molecule is CCCCCCCCCCCCCCCCCC(=O)CC(O)c1ccccc1C(=O)O. The van der Waals surface area contributed by atoms with E-state index in [9.17, 15) is 19.8 Å². The van der Waals surface area contributed by atoms with Crippen molar-refractivity contribution in [2.75, 3.05) is 0 Å². The molecule has 1 unspecified atom stereocenters. The maximum absolute atomic E-state index is 12.1. The number of unbranched alkanes of at least 4 members (excludes halogenated alkanes) is 14. The van der Waals surface area contributed by atoms with Crippen molar-refractivity contribution in [3.8, 4) is 0 Å². The van der Waals surface area contributed by atoms with Crippen LogP contribution in [0.1, 0.15) is 138 Å². The second kappa shape index (κ2) is 17.9. The summed E-state index contributed by atoms with van der Waals surface area (Å²) in [6.45, 7) is 2.26. The molecule has 0 radical (unpaired) electrons. The van der Waals surface area contributed by atoms with Gasteiger partial charge in [-0.2, -0.15) is 0 Å². The lowest BCUT2D eigenvalue weighted by atomic mass is 9.97. The van der Waals surface area contributed by atoms with Crippen LogP contribution < -0.4 is 0 Å². The van der Waals surface area contributed by atoms with Gasteiger partial charge < -0.3 is 10.2 Å². The fraction of sp³-hybridized carbons (Fsp3) is 0.704. The Balaban J connectivity index is 1.98. The van der Waals surface area contributed by atoms with Gasteiger partial charge in [-0.15, -0.1) is 0 Å². The van der Waals surface area contributed by atoms with Crippen LogP contribution in [0.3, 0.4) is 0 Å². The van der Waals surface area contributed by atoms with Gasteiger partial charge in [-0.05, 0) is 18.1 Å². The Kier molecular flexibility index (Phi) is 15.8. The molecule has 0 aliphatic carbocycles. The molecule has 2 N–H and O–H groups in total. The lowest BCUT2D eigenvalue weighted by Gasteiger charge is -2.13. The van der Waals surface area contributed by atoms with Crippen LogP contribution in [0.25, 0.3) is 0 Å². The highest BCUT2D eigenvalue weighted by atomic mass is 16.4.